The predicted octanol–water partition coefficient (Wildman–Crippen LogP) is 2.29. The lowest BCUT2D eigenvalue weighted by Crippen LogP contribution is -2.35. The zero-order valence-corrected chi connectivity index (χ0v) is 12.7. The van der Waals surface area contributed by atoms with Crippen LogP contribution in [0.2, 0.25) is 5.02 Å². The Hall–Kier alpha value is -1.07. The molecule has 2 saturated carbocycles. The molecule has 0 aromatic carbocycles. The lowest BCUT2D eigenvalue weighted by molar-refractivity contribution is 0.0898. The minimum absolute atomic E-state index is 0.101. The van der Waals surface area contributed by atoms with Gasteiger partial charge in [-0.15, -0.1) is 0 Å². The van der Waals surface area contributed by atoms with Crippen molar-refractivity contribution in [1.29, 1.82) is 0 Å². The summed E-state index contributed by atoms with van der Waals surface area (Å²) in [5.41, 5.74) is 0.393. The first kappa shape index (κ1) is 13.6. The van der Waals surface area contributed by atoms with E-state index in [2.05, 4.69) is 10.4 Å². The summed E-state index contributed by atoms with van der Waals surface area (Å²) in [7, 11) is 0. The number of nitrogens with zero attached hydrogens (tertiary/aromatic N) is 2. The van der Waals surface area contributed by atoms with Crippen molar-refractivity contribution >= 4 is 17.3 Å². The van der Waals surface area contributed by atoms with Crippen LogP contribution < -0.4 is 10.9 Å². The van der Waals surface area contributed by atoms with Crippen LogP contribution in [0.4, 0.5) is 5.69 Å². The molecule has 1 aromatic heterocycles. The van der Waals surface area contributed by atoms with Crippen LogP contribution in [-0.2, 0) is 11.3 Å². The van der Waals surface area contributed by atoms with Gasteiger partial charge < -0.3 is 10.1 Å². The lowest BCUT2D eigenvalue weighted by Gasteiger charge is -2.21. The maximum Gasteiger partial charge on any atom is 0.291 e. The average molecular weight is 310 g/mol. The van der Waals surface area contributed by atoms with E-state index in [1.165, 1.54) is 25.7 Å². The van der Waals surface area contributed by atoms with Gasteiger partial charge in [-0.3, -0.25) is 4.79 Å². The van der Waals surface area contributed by atoms with Gasteiger partial charge in [0.1, 0.15) is 5.69 Å². The number of hydrogen-bond acceptors (Lipinski definition) is 4. The molecule has 5 nitrogen and oxygen atoms in total. The van der Waals surface area contributed by atoms with Crippen molar-refractivity contribution in [2.24, 2.45) is 11.8 Å². The molecule has 3 fully saturated rings. The van der Waals surface area contributed by atoms with Crippen molar-refractivity contribution in [3.8, 4) is 0 Å². The van der Waals surface area contributed by atoms with Crippen LogP contribution in [0.15, 0.2) is 11.0 Å². The molecule has 2 aliphatic carbocycles. The van der Waals surface area contributed by atoms with Crippen molar-refractivity contribution in [1.82, 2.24) is 9.78 Å². The molecule has 6 heteroatoms. The van der Waals surface area contributed by atoms with Gasteiger partial charge in [0, 0.05) is 13.2 Å². The molecule has 4 rings (SSSR count). The number of ether oxygens (including phenoxy) is 1. The third kappa shape index (κ3) is 2.81. The molecule has 3 aliphatic rings. The Morgan fingerprint density at radius 2 is 2.14 bits per heavy atom. The van der Waals surface area contributed by atoms with Gasteiger partial charge in [-0.05, 0) is 43.9 Å². The molecule has 21 heavy (non-hydrogen) atoms. The van der Waals surface area contributed by atoms with Crippen LogP contribution in [0.3, 0.4) is 0 Å². The standard InChI is InChI=1S/C15H20ClN3O2/c16-11-7-17-19(8-9-1-2-9)15(20)13(11)18-12-5-6-21-14(12)10-3-4-10/h7,9-10,12,14,18H,1-6,8H2. The van der Waals surface area contributed by atoms with E-state index in [1.54, 1.807) is 10.9 Å². The highest BCUT2D eigenvalue weighted by Crippen LogP contribution is 2.39. The molecule has 0 radical (unpaired) electrons. The van der Waals surface area contributed by atoms with Gasteiger partial charge >= 0.3 is 0 Å². The summed E-state index contributed by atoms with van der Waals surface area (Å²) in [4.78, 5) is 12.5. The Kier molecular flexibility index (Phi) is 3.42. The molecule has 0 spiro atoms. The molecular formula is C15H20ClN3O2. The fourth-order valence-electron chi connectivity index (χ4n) is 3.11. The van der Waals surface area contributed by atoms with Crippen LogP contribution in [0.1, 0.15) is 32.1 Å². The lowest BCUT2D eigenvalue weighted by atomic mass is 10.1. The van der Waals surface area contributed by atoms with E-state index in [4.69, 9.17) is 16.3 Å². The Morgan fingerprint density at radius 3 is 2.86 bits per heavy atom. The molecule has 2 unspecified atom stereocenters. The molecule has 1 N–H and O–H groups in total. The summed E-state index contributed by atoms with van der Waals surface area (Å²) < 4.78 is 7.37. The Balaban J connectivity index is 1.56. The fraction of sp³-hybridized carbons (Fsp3) is 0.733. The first-order valence-electron chi connectivity index (χ1n) is 7.86. The van der Waals surface area contributed by atoms with E-state index >= 15 is 0 Å². The summed E-state index contributed by atoms with van der Waals surface area (Å²) in [5.74, 6) is 1.26. The van der Waals surface area contributed by atoms with Gasteiger partial charge in [-0.1, -0.05) is 11.6 Å². The van der Waals surface area contributed by atoms with Crippen LogP contribution in [0, 0.1) is 11.8 Å². The second-order valence-corrected chi connectivity index (χ2v) is 6.92. The predicted molar refractivity (Wildman–Crippen MR) is 80.7 cm³/mol. The van der Waals surface area contributed by atoms with E-state index in [0.29, 0.717) is 29.1 Å². The van der Waals surface area contributed by atoms with Gasteiger partial charge in [0.2, 0.25) is 0 Å². The van der Waals surface area contributed by atoms with Crippen LogP contribution >= 0.6 is 11.6 Å². The molecule has 1 aliphatic heterocycles. The maximum absolute atomic E-state index is 12.5. The number of rotatable bonds is 5. The molecule has 114 valence electrons. The molecule has 0 amide bonds. The first-order valence-corrected chi connectivity index (χ1v) is 8.24. The number of aromatic nitrogens is 2. The minimum atomic E-state index is -0.101. The second kappa shape index (κ2) is 5.29. The number of nitrogens with one attached hydrogen (secondary N) is 1. The van der Waals surface area contributed by atoms with Crippen LogP contribution in [0.25, 0.3) is 0 Å². The van der Waals surface area contributed by atoms with E-state index < -0.39 is 0 Å². The minimum Gasteiger partial charge on any atom is -0.376 e. The second-order valence-electron chi connectivity index (χ2n) is 6.51. The Bertz CT molecular complexity index is 595. The van der Waals surface area contributed by atoms with E-state index in [-0.39, 0.29) is 17.7 Å². The van der Waals surface area contributed by atoms with Crippen LogP contribution in [0.5, 0.6) is 0 Å². The summed E-state index contributed by atoms with van der Waals surface area (Å²) in [5, 5.41) is 7.92. The molecule has 1 aromatic rings. The van der Waals surface area contributed by atoms with Crippen LogP contribution in [-0.4, -0.2) is 28.5 Å². The zero-order valence-electron chi connectivity index (χ0n) is 11.9. The molecule has 1 saturated heterocycles. The Labute approximate surface area is 128 Å². The maximum atomic E-state index is 12.5. The quantitative estimate of drug-likeness (QED) is 0.906. The van der Waals surface area contributed by atoms with Gasteiger partial charge in [0.05, 0.1) is 23.4 Å². The molecular weight excluding hydrogens is 290 g/mol. The normalized spacial score (nSPS) is 28.8. The molecule has 0 bridgehead atoms. The highest BCUT2D eigenvalue weighted by molar-refractivity contribution is 6.33. The van der Waals surface area contributed by atoms with Gasteiger partial charge in [0.25, 0.3) is 5.56 Å². The smallest absolute Gasteiger partial charge is 0.291 e. The summed E-state index contributed by atoms with van der Waals surface area (Å²) in [6.07, 6.45) is 7.60. The van der Waals surface area contributed by atoms with Gasteiger partial charge in [-0.25, -0.2) is 4.68 Å². The topological polar surface area (TPSA) is 56.1 Å². The highest BCUT2D eigenvalue weighted by Gasteiger charge is 2.41. The van der Waals surface area contributed by atoms with Crippen molar-refractivity contribution < 1.29 is 4.74 Å². The van der Waals surface area contributed by atoms with E-state index in [9.17, 15) is 4.79 Å². The third-order valence-corrected chi connectivity index (χ3v) is 4.96. The Morgan fingerprint density at radius 1 is 1.33 bits per heavy atom. The van der Waals surface area contributed by atoms with Gasteiger partial charge in [-0.2, -0.15) is 5.10 Å². The summed E-state index contributed by atoms with van der Waals surface area (Å²) >= 11 is 6.20. The highest BCUT2D eigenvalue weighted by atomic mass is 35.5. The summed E-state index contributed by atoms with van der Waals surface area (Å²) in [6.45, 7) is 1.47. The third-order valence-electron chi connectivity index (χ3n) is 4.68. The number of anilines is 1. The van der Waals surface area contributed by atoms with Crippen molar-refractivity contribution in [2.45, 2.75) is 50.8 Å². The van der Waals surface area contributed by atoms with Crippen molar-refractivity contribution in [3.63, 3.8) is 0 Å². The summed E-state index contributed by atoms with van der Waals surface area (Å²) in [6, 6.07) is 0.194. The SMILES string of the molecule is O=c1c(NC2CCOC2C2CC2)c(Cl)cnn1CC1CC1. The monoisotopic (exact) mass is 309 g/mol. The van der Waals surface area contributed by atoms with E-state index in [0.717, 1.165) is 13.0 Å². The zero-order chi connectivity index (χ0) is 14.4. The average Bonchev–Trinajstić information content (AvgIpc) is 3.39. The van der Waals surface area contributed by atoms with Crippen molar-refractivity contribution in [3.05, 3.63) is 21.6 Å². The van der Waals surface area contributed by atoms with Crippen molar-refractivity contribution in [2.75, 3.05) is 11.9 Å². The molecule has 2 heterocycles. The molecule has 2 atom stereocenters. The largest absolute Gasteiger partial charge is 0.376 e. The first-order chi connectivity index (χ1) is 10.2. The van der Waals surface area contributed by atoms with Gasteiger partial charge in [0.15, 0.2) is 0 Å². The number of hydrogen-bond donors (Lipinski definition) is 1. The fourth-order valence-corrected chi connectivity index (χ4v) is 3.29. The van der Waals surface area contributed by atoms with E-state index in [1.807, 2.05) is 0 Å². The number of halogens is 1.